The number of halogens is 2. The predicted molar refractivity (Wildman–Crippen MR) is 95.9 cm³/mol. The first-order valence-corrected chi connectivity index (χ1v) is 9.79. The molecule has 0 aliphatic carbocycles. The van der Waals surface area contributed by atoms with E-state index < -0.39 is 16.0 Å². The quantitative estimate of drug-likeness (QED) is 0.145. The van der Waals surface area contributed by atoms with Gasteiger partial charge in [-0.05, 0) is 46.1 Å². The van der Waals surface area contributed by atoms with Gasteiger partial charge in [-0.15, -0.1) is 4.83 Å². The summed E-state index contributed by atoms with van der Waals surface area (Å²) in [5.74, 6) is -0.483. The summed E-state index contributed by atoms with van der Waals surface area (Å²) in [6.07, 6.45) is 0. The van der Waals surface area contributed by atoms with Gasteiger partial charge in [0, 0.05) is 13.1 Å². The molecule has 1 aliphatic rings. The first kappa shape index (κ1) is 19.9. The third-order valence-electron chi connectivity index (χ3n) is 2.77. The number of nitrogens with one attached hydrogen (secondary N) is 3. The molecule has 0 unspecified atom stereocenters. The molecule has 0 atom stereocenters. The number of nitrogens with two attached hydrogens (primary N) is 2. The number of nitrogens with zero attached hydrogens (tertiary/aromatic N) is 2. The van der Waals surface area contributed by atoms with Gasteiger partial charge in [0.2, 0.25) is 0 Å². The van der Waals surface area contributed by atoms with E-state index in [1.54, 1.807) is 0 Å². The van der Waals surface area contributed by atoms with Crippen LogP contribution in [0.4, 0.5) is 10.1 Å². The molecule has 0 fully saturated rings. The van der Waals surface area contributed by atoms with Gasteiger partial charge < -0.3 is 11.1 Å². The average molecular weight is 456 g/mol. The Morgan fingerprint density at radius 1 is 1.48 bits per heavy atom. The summed E-state index contributed by atoms with van der Waals surface area (Å²) >= 11 is 4.07. The Kier molecular flexibility index (Phi) is 6.61. The van der Waals surface area contributed by atoms with Crippen LogP contribution in [0.15, 0.2) is 38.4 Å². The Labute approximate surface area is 155 Å². The number of amidine groups is 1. The molecule has 2 rings (SSSR count). The Balaban J connectivity index is 2.14. The van der Waals surface area contributed by atoms with Crippen LogP contribution in [0, 0.1) is 5.82 Å². The molecule has 0 saturated carbocycles. The minimum Gasteiger partial charge on any atom is -0.382 e. The lowest BCUT2D eigenvalue weighted by Gasteiger charge is -2.12. The van der Waals surface area contributed by atoms with Crippen LogP contribution in [0.5, 0.6) is 0 Å². The molecule has 0 radical (unpaired) electrons. The summed E-state index contributed by atoms with van der Waals surface area (Å²) in [6, 6.07) is 4.08. The van der Waals surface area contributed by atoms with Gasteiger partial charge in [-0.3, -0.25) is 5.21 Å². The van der Waals surface area contributed by atoms with E-state index in [1.807, 2.05) is 0 Å². The van der Waals surface area contributed by atoms with Crippen LogP contribution in [-0.2, 0) is 10.2 Å². The van der Waals surface area contributed by atoms with E-state index in [1.165, 1.54) is 18.2 Å². The number of rotatable bonds is 7. The number of hydrogen-bond acceptors (Lipinski definition) is 8. The number of hydroxylamine groups is 1. The third-order valence-corrected chi connectivity index (χ3v) is 4.79. The maximum atomic E-state index is 13.3. The Bertz CT molecular complexity index is 818. The molecule has 0 aromatic heterocycles. The zero-order valence-corrected chi connectivity index (χ0v) is 15.8. The van der Waals surface area contributed by atoms with E-state index in [0.717, 1.165) is 11.9 Å². The molecule has 1 heterocycles. The fourth-order valence-electron chi connectivity index (χ4n) is 1.74. The van der Waals surface area contributed by atoms with Crippen molar-refractivity contribution in [2.45, 2.75) is 0 Å². The Hall–Kier alpha value is -1.42. The van der Waals surface area contributed by atoms with E-state index in [0.29, 0.717) is 15.9 Å². The van der Waals surface area contributed by atoms with Gasteiger partial charge in [0.05, 0.1) is 10.2 Å². The van der Waals surface area contributed by atoms with Crippen molar-refractivity contribution in [2.24, 2.45) is 15.9 Å². The molecule has 25 heavy (non-hydrogen) atoms. The molecule has 0 bridgehead atoms. The minimum absolute atomic E-state index is 0.0313. The van der Waals surface area contributed by atoms with Gasteiger partial charge in [0.25, 0.3) is 10.2 Å². The fourth-order valence-corrected chi connectivity index (χ4v) is 3.22. The van der Waals surface area contributed by atoms with Crippen molar-refractivity contribution in [1.29, 1.82) is 0 Å². The van der Waals surface area contributed by atoms with Crippen molar-refractivity contribution in [3.05, 3.63) is 39.2 Å². The Morgan fingerprint density at radius 2 is 2.20 bits per heavy atom. The van der Waals surface area contributed by atoms with Crippen LogP contribution < -0.4 is 25.7 Å². The minimum atomic E-state index is -3.78. The highest BCUT2D eigenvalue weighted by atomic mass is 79.9. The molecule has 10 nitrogen and oxygen atoms in total. The van der Waals surface area contributed by atoms with Crippen molar-refractivity contribution in [3.63, 3.8) is 0 Å². The molecule has 0 saturated heterocycles. The SMILES string of the molecule is NC(=Nc1ccc(F)c(Br)c1)C1=C(NCCNS(N)(=O)=O)SNN1O. The van der Waals surface area contributed by atoms with E-state index in [4.69, 9.17) is 10.9 Å². The van der Waals surface area contributed by atoms with Gasteiger partial charge in [-0.1, -0.05) is 0 Å². The van der Waals surface area contributed by atoms with Crippen molar-refractivity contribution in [3.8, 4) is 0 Å². The van der Waals surface area contributed by atoms with E-state index in [-0.39, 0.29) is 29.1 Å². The first-order chi connectivity index (χ1) is 11.7. The van der Waals surface area contributed by atoms with Crippen LogP contribution in [0.1, 0.15) is 0 Å². The van der Waals surface area contributed by atoms with Gasteiger partial charge in [0.1, 0.15) is 10.8 Å². The number of benzene rings is 1. The monoisotopic (exact) mass is 455 g/mol. The van der Waals surface area contributed by atoms with Crippen molar-refractivity contribution in [2.75, 3.05) is 13.1 Å². The second kappa shape index (κ2) is 8.31. The number of hydrogen-bond donors (Lipinski definition) is 6. The molecule has 14 heteroatoms. The van der Waals surface area contributed by atoms with Gasteiger partial charge in [-0.2, -0.15) is 13.6 Å². The van der Waals surface area contributed by atoms with Crippen LogP contribution >= 0.6 is 27.9 Å². The van der Waals surface area contributed by atoms with Crippen molar-refractivity contribution in [1.82, 2.24) is 20.0 Å². The zero-order valence-electron chi connectivity index (χ0n) is 12.5. The highest BCUT2D eigenvalue weighted by Crippen LogP contribution is 2.26. The lowest BCUT2D eigenvalue weighted by molar-refractivity contribution is -0.0650. The highest BCUT2D eigenvalue weighted by Gasteiger charge is 2.25. The molecule has 1 aliphatic heterocycles. The summed E-state index contributed by atoms with van der Waals surface area (Å²) in [5.41, 5.74) is 6.42. The van der Waals surface area contributed by atoms with Crippen molar-refractivity contribution < 1.29 is 18.0 Å². The standard InChI is InChI=1S/C11H15BrFN7O3S2/c12-7-5-6(1-2-8(7)13)18-10(14)9-11(24-19-20(9)21)16-3-4-17-25(15,22)23/h1-2,5,16-17,19,21H,3-4H2,(H2,14,18)(H2,15,22,23). The molecule has 0 spiro atoms. The van der Waals surface area contributed by atoms with Crippen LogP contribution in [-0.4, -0.2) is 37.7 Å². The third kappa shape index (κ3) is 5.81. The predicted octanol–water partition coefficient (Wildman–Crippen LogP) is -0.0137. The lowest BCUT2D eigenvalue weighted by atomic mass is 10.3. The van der Waals surface area contributed by atoms with E-state index in [9.17, 15) is 18.0 Å². The topological polar surface area (TPSA) is 158 Å². The molecular formula is C11H15BrFN7O3S2. The molecule has 8 N–H and O–H groups in total. The highest BCUT2D eigenvalue weighted by molar-refractivity contribution is 9.10. The summed E-state index contributed by atoms with van der Waals surface area (Å²) < 4.78 is 37.2. The number of aliphatic imine (C=N–C) groups is 1. The maximum absolute atomic E-state index is 13.3. The lowest BCUT2D eigenvalue weighted by Crippen LogP contribution is -2.36. The van der Waals surface area contributed by atoms with Crippen LogP contribution in [0.2, 0.25) is 0 Å². The fraction of sp³-hybridized carbons (Fsp3) is 0.182. The second-order valence-corrected chi connectivity index (χ2v) is 7.67. The van der Waals surface area contributed by atoms with Gasteiger partial charge >= 0.3 is 0 Å². The normalized spacial score (nSPS) is 15.8. The molecule has 1 aromatic carbocycles. The molecule has 0 amide bonds. The van der Waals surface area contributed by atoms with E-state index >= 15 is 0 Å². The van der Waals surface area contributed by atoms with Crippen LogP contribution in [0.3, 0.4) is 0 Å². The summed E-state index contributed by atoms with van der Waals surface area (Å²) in [4.78, 5) is 6.66. The number of hydrazine groups is 1. The first-order valence-electron chi connectivity index (χ1n) is 6.64. The second-order valence-electron chi connectivity index (χ2n) is 4.64. The van der Waals surface area contributed by atoms with Gasteiger partial charge in [-0.25, -0.2) is 19.2 Å². The smallest absolute Gasteiger partial charge is 0.274 e. The molecule has 138 valence electrons. The summed E-state index contributed by atoms with van der Waals surface area (Å²) in [7, 11) is -3.78. The van der Waals surface area contributed by atoms with E-state index in [2.05, 4.69) is 35.8 Å². The largest absolute Gasteiger partial charge is 0.382 e. The summed E-state index contributed by atoms with van der Waals surface area (Å²) in [5, 5.41) is 18.6. The molecular weight excluding hydrogens is 441 g/mol. The maximum Gasteiger partial charge on any atom is 0.274 e. The van der Waals surface area contributed by atoms with Crippen LogP contribution in [0.25, 0.3) is 0 Å². The average Bonchev–Trinajstić information content (AvgIpc) is 2.87. The van der Waals surface area contributed by atoms with Gasteiger partial charge in [0.15, 0.2) is 11.5 Å². The zero-order chi connectivity index (χ0) is 18.6. The Morgan fingerprint density at radius 3 is 2.84 bits per heavy atom. The van der Waals surface area contributed by atoms with Crippen molar-refractivity contribution >= 4 is 49.6 Å². The summed E-state index contributed by atoms with van der Waals surface area (Å²) in [6.45, 7) is 0.219. The molecule has 1 aromatic rings.